The third kappa shape index (κ3) is 14.4. The lowest BCUT2D eigenvalue weighted by Gasteiger charge is -2.27. The molecule has 0 fully saturated rings. The Hall–Kier alpha value is -6.65. The Morgan fingerprint density at radius 1 is 0.544 bits per heavy atom. The highest BCUT2D eigenvalue weighted by Crippen LogP contribution is 2.44. The van der Waals surface area contributed by atoms with Gasteiger partial charge in [0, 0.05) is 79.0 Å². The molecule has 0 aromatic heterocycles. The Kier molecular flexibility index (Phi) is 19.0. The molecule has 0 spiro atoms. The van der Waals surface area contributed by atoms with Crippen molar-refractivity contribution in [1.29, 1.82) is 0 Å². The number of amides is 4. The fourth-order valence-electron chi connectivity index (χ4n) is 9.85. The van der Waals surface area contributed by atoms with Crippen molar-refractivity contribution in [3.8, 4) is 28.7 Å². The minimum absolute atomic E-state index is 0.0232. The zero-order valence-corrected chi connectivity index (χ0v) is 49.9. The van der Waals surface area contributed by atoms with Crippen molar-refractivity contribution in [3.05, 3.63) is 107 Å². The number of carbonyl (C=O) groups excluding carboxylic acids is 4. The first-order valence-corrected chi connectivity index (χ1v) is 34.9. The van der Waals surface area contributed by atoms with Gasteiger partial charge in [-0.25, -0.2) is 0 Å². The number of carbonyl (C=O) groups is 4. The van der Waals surface area contributed by atoms with Crippen molar-refractivity contribution in [1.82, 2.24) is 14.7 Å². The zero-order chi connectivity index (χ0) is 56.6. The summed E-state index contributed by atoms with van der Waals surface area (Å²) in [5.74, 6) is 1.17. The Labute approximate surface area is 468 Å². The second-order valence-corrected chi connectivity index (χ2v) is 34.6. The van der Waals surface area contributed by atoms with Gasteiger partial charge in [0.15, 0.2) is 23.0 Å². The standard InChI is InChI=1S/C60H80N6O11Si2/c1-62(2)23-14-26-75-46-21-17-42(18-22-46)44-32-52-60(70)66(40-74-28-30-79(8,9)10)50-36-56(54(72-4)34-48(50)58(68)64(52)38-44)77-25-13-11-12-24-76-55-35-49-47(33-53(55)71-3)57(67)63-37-43(41-15-19-45(61)20-16-41)31-51(63)59(69)65(49)39-73-27-29-78(5,6)7/h15-22,33-38,51-52H,11-14,23-32,39-40,61H2,1-10H3/t51-,52-/m0/s1. The lowest BCUT2D eigenvalue weighted by Crippen LogP contribution is -2.45. The summed E-state index contributed by atoms with van der Waals surface area (Å²) in [6.45, 7) is 16.8. The van der Waals surface area contributed by atoms with Crippen LogP contribution in [0.25, 0.3) is 11.1 Å². The number of ether oxygens (including phenoxy) is 7. The maximum atomic E-state index is 14.7. The highest BCUT2D eigenvalue weighted by molar-refractivity contribution is 6.76. The van der Waals surface area contributed by atoms with Crippen molar-refractivity contribution >= 4 is 68.0 Å². The first kappa shape index (κ1) is 58.5. The predicted octanol–water partition coefficient (Wildman–Crippen LogP) is 10.1. The number of anilines is 3. The monoisotopic (exact) mass is 1120 g/mol. The van der Waals surface area contributed by atoms with Gasteiger partial charge in [0.1, 0.15) is 31.3 Å². The molecule has 79 heavy (non-hydrogen) atoms. The SMILES string of the molecule is COc1cc2c(cc1OCCCCCOc1cc3c(cc1OC)C(=O)N1C=C(c4ccc(OCCCN(C)C)cc4)C[C@H]1C(=O)N3COCC[Si](C)(C)C)N(COCC[Si](C)(C)C)C(=O)[C@@H]1CC(c3ccc(N)cc3)=CN1C2=O. The second kappa shape index (κ2) is 25.6. The maximum absolute atomic E-state index is 14.7. The van der Waals surface area contributed by atoms with E-state index in [0.29, 0.717) is 110 Å². The molecule has 4 amide bonds. The van der Waals surface area contributed by atoms with E-state index in [9.17, 15) is 19.2 Å². The van der Waals surface area contributed by atoms with Crippen LogP contribution in [0.3, 0.4) is 0 Å². The van der Waals surface area contributed by atoms with Gasteiger partial charge in [-0.1, -0.05) is 63.5 Å². The van der Waals surface area contributed by atoms with Crippen molar-refractivity contribution < 1.29 is 52.3 Å². The highest BCUT2D eigenvalue weighted by atomic mass is 28.3. The Morgan fingerprint density at radius 3 is 1.39 bits per heavy atom. The number of rotatable bonds is 27. The molecule has 4 aromatic carbocycles. The molecule has 0 unspecified atom stereocenters. The molecule has 4 aliphatic rings. The molecular formula is C60H80N6O11Si2. The molecule has 8 rings (SSSR count). The van der Waals surface area contributed by atoms with E-state index >= 15 is 0 Å². The zero-order valence-electron chi connectivity index (χ0n) is 47.9. The lowest BCUT2D eigenvalue weighted by atomic mass is 10.0. The summed E-state index contributed by atoms with van der Waals surface area (Å²) >= 11 is 0. The van der Waals surface area contributed by atoms with Crippen LogP contribution in [0.4, 0.5) is 17.1 Å². The molecule has 0 saturated heterocycles. The van der Waals surface area contributed by atoms with Crippen LogP contribution in [0, 0.1) is 0 Å². The lowest BCUT2D eigenvalue weighted by molar-refractivity contribution is -0.123. The van der Waals surface area contributed by atoms with E-state index in [1.807, 2.05) is 62.6 Å². The average Bonchev–Trinajstić information content (AvgIpc) is 4.16. The van der Waals surface area contributed by atoms with Crippen LogP contribution < -0.4 is 39.2 Å². The summed E-state index contributed by atoms with van der Waals surface area (Å²) in [6, 6.07) is 22.3. The summed E-state index contributed by atoms with van der Waals surface area (Å²) in [5.41, 5.74) is 11.6. The number of hydrogen-bond donors (Lipinski definition) is 1. The van der Waals surface area contributed by atoms with Crippen molar-refractivity contribution in [2.24, 2.45) is 0 Å². The van der Waals surface area contributed by atoms with Gasteiger partial charge in [0.05, 0.1) is 56.5 Å². The molecule has 2 atom stereocenters. The summed E-state index contributed by atoms with van der Waals surface area (Å²) < 4.78 is 42.8. The third-order valence-electron chi connectivity index (χ3n) is 14.5. The normalized spacial score (nSPS) is 17.3. The molecule has 0 saturated carbocycles. The van der Waals surface area contributed by atoms with E-state index in [4.69, 9.17) is 38.9 Å². The van der Waals surface area contributed by atoms with Crippen molar-refractivity contribution in [2.75, 3.05) is 96.9 Å². The molecule has 0 bridgehead atoms. The van der Waals surface area contributed by atoms with E-state index in [1.54, 1.807) is 51.4 Å². The number of methoxy groups -OCH3 is 2. The molecule has 4 aliphatic heterocycles. The first-order valence-electron chi connectivity index (χ1n) is 27.5. The van der Waals surface area contributed by atoms with E-state index in [2.05, 4.69) is 44.2 Å². The average molecular weight is 1120 g/mol. The number of fused-ring (bicyclic) bond motifs is 4. The molecule has 19 heteroatoms. The van der Waals surface area contributed by atoms with E-state index in [0.717, 1.165) is 59.5 Å². The molecule has 17 nitrogen and oxygen atoms in total. The van der Waals surface area contributed by atoms with Crippen LogP contribution in [0.1, 0.15) is 70.4 Å². The summed E-state index contributed by atoms with van der Waals surface area (Å²) in [6.07, 6.45) is 7.17. The van der Waals surface area contributed by atoms with E-state index in [1.165, 1.54) is 19.1 Å². The van der Waals surface area contributed by atoms with Gasteiger partial charge in [-0.2, -0.15) is 0 Å². The number of benzene rings is 4. The van der Waals surface area contributed by atoms with Crippen LogP contribution in [-0.2, 0) is 19.1 Å². The number of nitrogens with two attached hydrogens (primary N) is 1. The van der Waals surface area contributed by atoms with E-state index in [-0.39, 0.29) is 37.1 Å². The summed E-state index contributed by atoms with van der Waals surface area (Å²) in [5, 5.41) is 0. The molecule has 4 heterocycles. The van der Waals surface area contributed by atoms with Crippen LogP contribution in [0.5, 0.6) is 28.7 Å². The van der Waals surface area contributed by atoms with Crippen molar-refractivity contribution in [3.63, 3.8) is 0 Å². The quantitative estimate of drug-likeness (QED) is 0.0340. The minimum Gasteiger partial charge on any atom is -0.494 e. The fraction of sp³-hybridized carbons (Fsp3) is 0.467. The molecule has 0 aliphatic carbocycles. The van der Waals surface area contributed by atoms with Gasteiger partial charge in [0.2, 0.25) is 0 Å². The molecule has 4 aromatic rings. The summed E-state index contributed by atoms with van der Waals surface area (Å²) in [7, 11) is 4.26. The van der Waals surface area contributed by atoms with Gasteiger partial charge in [-0.3, -0.25) is 29.0 Å². The topological polar surface area (TPSA) is 175 Å². The largest absolute Gasteiger partial charge is 0.494 e. The van der Waals surface area contributed by atoms with Gasteiger partial charge in [-0.05, 0) is 111 Å². The van der Waals surface area contributed by atoms with E-state index < -0.39 is 28.2 Å². The first-order chi connectivity index (χ1) is 37.7. The Balaban J connectivity index is 0.939. The molecular weight excluding hydrogens is 1040 g/mol. The van der Waals surface area contributed by atoms with Crippen LogP contribution in [0.2, 0.25) is 51.4 Å². The number of nitrogen functional groups attached to an aromatic ring is 1. The molecule has 2 N–H and O–H groups in total. The predicted molar refractivity (Wildman–Crippen MR) is 315 cm³/mol. The third-order valence-corrected chi connectivity index (χ3v) is 17.9. The molecule has 424 valence electrons. The smallest absolute Gasteiger partial charge is 0.260 e. The van der Waals surface area contributed by atoms with Gasteiger partial charge < -0.3 is 53.6 Å². The maximum Gasteiger partial charge on any atom is 0.260 e. The Bertz CT molecular complexity index is 2900. The van der Waals surface area contributed by atoms with Crippen LogP contribution >= 0.6 is 0 Å². The fourth-order valence-corrected chi connectivity index (χ4v) is 11.4. The van der Waals surface area contributed by atoms with Gasteiger partial charge in [-0.15, -0.1) is 0 Å². The van der Waals surface area contributed by atoms with Gasteiger partial charge in [0.25, 0.3) is 23.6 Å². The number of nitrogens with zero attached hydrogens (tertiary/aromatic N) is 5. The number of hydrogen-bond acceptors (Lipinski definition) is 13. The summed E-state index contributed by atoms with van der Waals surface area (Å²) in [4.78, 5) is 66.6. The van der Waals surface area contributed by atoms with Gasteiger partial charge >= 0.3 is 0 Å². The van der Waals surface area contributed by atoms with Crippen LogP contribution in [-0.4, -0.2) is 148 Å². The second-order valence-electron chi connectivity index (χ2n) is 23.4. The van der Waals surface area contributed by atoms with Crippen molar-refractivity contribution in [2.45, 2.75) is 102 Å². The number of unbranched alkanes of at least 4 members (excludes halogenated alkanes) is 2. The van der Waals surface area contributed by atoms with Crippen LogP contribution in [0.15, 0.2) is 85.2 Å². The molecule has 0 radical (unpaired) electrons. The Morgan fingerprint density at radius 2 is 0.975 bits per heavy atom. The highest BCUT2D eigenvalue weighted by Gasteiger charge is 2.45. The minimum atomic E-state index is -1.44.